The Morgan fingerprint density at radius 3 is 2.24 bits per heavy atom. The van der Waals surface area contributed by atoms with E-state index in [4.69, 9.17) is 4.74 Å². The standard InChI is InChI=1S/C27H28N2O4/c1-16-13-18(17(2)29(16)19-11-12-19)14-25(26(30)31)28-27(32)33-15-24-22-9-5-3-7-20(22)21-8-4-6-10-23(21)24/h3-10,13,19,24-25H,11-12,14-15H2,1-2H3,(H,28,32)(H,30,31). The molecule has 0 aliphatic heterocycles. The van der Waals surface area contributed by atoms with Crippen LogP contribution in [0.2, 0.25) is 0 Å². The van der Waals surface area contributed by atoms with Crippen LogP contribution in [0.3, 0.4) is 0 Å². The van der Waals surface area contributed by atoms with Crippen LogP contribution < -0.4 is 5.32 Å². The van der Waals surface area contributed by atoms with Gasteiger partial charge in [0, 0.05) is 29.8 Å². The van der Waals surface area contributed by atoms with Gasteiger partial charge in [-0.05, 0) is 60.6 Å². The Morgan fingerprint density at radius 1 is 1.06 bits per heavy atom. The molecule has 1 unspecified atom stereocenters. The highest BCUT2D eigenvalue weighted by atomic mass is 16.5. The highest BCUT2D eigenvalue weighted by Crippen LogP contribution is 2.44. The van der Waals surface area contributed by atoms with Gasteiger partial charge in [0.25, 0.3) is 0 Å². The van der Waals surface area contributed by atoms with Crippen molar-refractivity contribution in [1.82, 2.24) is 9.88 Å². The van der Waals surface area contributed by atoms with Crippen LogP contribution in [0.4, 0.5) is 4.79 Å². The third-order valence-corrected chi connectivity index (χ3v) is 6.86. The van der Waals surface area contributed by atoms with E-state index < -0.39 is 18.1 Å². The monoisotopic (exact) mass is 444 g/mol. The zero-order chi connectivity index (χ0) is 23.1. The molecule has 3 aromatic rings. The number of aliphatic carboxylic acids is 1. The molecule has 0 radical (unpaired) electrons. The van der Waals surface area contributed by atoms with E-state index in [1.807, 2.05) is 44.2 Å². The largest absolute Gasteiger partial charge is 0.480 e. The molecule has 6 heteroatoms. The van der Waals surface area contributed by atoms with Gasteiger partial charge in [-0.3, -0.25) is 0 Å². The van der Waals surface area contributed by atoms with Gasteiger partial charge in [0.1, 0.15) is 12.6 Å². The lowest BCUT2D eigenvalue weighted by atomic mass is 9.98. The number of aromatic nitrogens is 1. The average molecular weight is 445 g/mol. The van der Waals surface area contributed by atoms with Gasteiger partial charge in [0.15, 0.2) is 0 Å². The Kier molecular flexibility index (Phi) is 5.44. The predicted molar refractivity (Wildman–Crippen MR) is 126 cm³/mol. The lowest BCUT2D eigenvalue weighted by molar-refractivity contribution is -0.139. The van der Waals surface area contributed by atoms with Gasteiger partial charge in [-0.25, -0.2) is 9.59 Å². The van der Waals surface area contributed by atoms with Crippen molar-refractivity contribution in [3.63, 3.8) is 0 Å². The minimum atomic E-state index is -1.07. The molecule has 6 nitrogen and oxygen atoms in total. The molecule has 0 bridgehead atoms. The number of alkyl carbamates (subject to hydrolysis) is 1. The van der Waals surface area contributed by atoms with Crippen molar-refractivity contribution in [3.8, 4) is 11.1 Å². The van der Waals surface area contributed by atoms with E-state index in [0.717, 1.165) is 52.0 Å². The fourth-order valence-electron chi connectivity index (χ4n) is 5.15. The van der Waals surface area contributed by atoms with Crippen LogP contribution in [0.1, 0.15) is 52.9 Å². The van der Waals surface area contributed by atoms with Crippen molar-refractivity contribution >= 4 is 12.1 Å². The Labute approximate surface area is 193 Å². The van der Waals surface area contributed by atoms with E-state index in [2.05, 4.69) is 34.1 Å². The number of nitrogens with zero attached hydrogens (tertiary/aromatic N) is 1. The first-order chi connectivity index (χ1) is 15.9. The Hall–Kier alpha value is -3.54. The zero-order valence-electron chi connectivity index (χ0n) is 18.9. The fraction of sp³-hybridized carbons (Fsp3) is 0.333. The molecule has 1 fully saturated rings. The van der Waals surface area contributed by atoms with E-state index in [1.54, 1.807) is 0 Å². The fourth-order valence-corrected chi connectivity index (χ4v) is 5.15. The number of aryl methyl sites for hydroxylation is 1. The number of carboxylic acid groups (broad SMARTS) is 1. The smallest absolute Gasteiger partial charge is 0.407 e. The molecule has 5 rings (SSSR count). The maximum absolute atomic E-state index is 12.6. The number of hydrogen-bond acceptors (Lipinski definition) is 3. The molecule has 0 spiro atoms. The number of carbonyl (C=O) groups is 2. The summed E-state index contributed by atoms with van der Waals surface area (Å²) in [5, 5.41) is 12.3. The topological polar surface area (TPSA) is 80.6 Å². The number of benzene rings is 2. The number of carboxylic acids is 1. The highest BCUT2D eigenvalue weighted by Gasteiger charge is 2.31. The number of fused-ring (bicyclic) bond motifs is 3. The van der Waals surface area contributed by atoms with E-state index in [0.29, 0.717) is 6.04 Å². The van der Waals surface area contributed by atoms with Crippen LogP contribution in [0.25, 0.3) is 11.1 Å². The number of rotatable bonds is 7. The summed E-state index contributed by atoms with van der Waals surface area (Å²) in [6, 6.07) is 17.7. The first-order valence-corrected chi connectivity index (χ1v) is 11.5. The van der Waals surface area contributed by atoms with E-state index in [-0.39, 0.29) is 18.9 Å². The summed E-state index contributed by atoms with van der Waals surface area (Å²) in [5.74, 6) is -1.14. The van der Waals surface area contributed by atoms with Gasteiger partial charge in [0.05, 0.1) is 0 Å². The van der Waals surface area contributed by atoms with Gasteiger partial charge < -0.3 is 19.7 Å². The molecule has 170 valence electrons. The van der Waals surface area contributed by atoms with Gasteiger partial charge in [-0.2, -0.15) is 0 Å². The molecule has 2 N–H and O–H groups in total. The van der Waals surface area contributed by atoms with Crippen LogP contribution in [0, 0.1) is 13.8 Å². The van der Waals surface area contributed by atoms with Gasteiger partial charge in [-0.15, -0.1) is 0 Å². The quantitative estimate of drug-likeness (QED) is 0.539. The number of amides is 1. The molecular weight excluding hydrogens is 416 g/mol. The third-order valence-electron chi connectivity index (χ3n) is 6.86. The van der Waals surface area contributed by atoms with Crippen LogP contribution in [-0.4, -0.2) is 34.4 Å². The van der Waals surface area contributed by atoms with Crippen LogP contribution >= 0.6 is 0 Å². The molecule has 1 saturated carbocycles. The van der Waals surface area contributed by atoms with Crippen molar-refractivity contribution in [2.24, 2.45) is 0 Å². The maximum atomic E-state index is 12.6. The molecule has 2 aliphatic carbocycles. The molecule has 0 saturated heterocycles. The summed E-state index contributed by atoms with van der Waals surface area (Å²) < 4.78 is 7.83. The number of carbonyl (C=O) groups excluding carboxylic acids is 1. The average Bonchev–Trinajstić information content (AvgIpc) is 3.52. The van der Waals surface area contributed by atoms with Crippen molar-refractivity contribution in [3.05, 3.63) is 82.7 Å². The highest BCUT2D eigenvalue weighted by molar-refractivity contribution is 5.81. The van der Waals surface area contributed by atoms with Gasteiger partial charge in [0.2, 0.25) is 0 Å². The van der Waals surface area contributed by atoms with Crippen LogP contribution in [0.15, 0.2) is 54.6 Å². The van der Waals surface area contributed by atoms with Crippen LogP contribution in [0.5, 0.6) is 0 Å². The Bertz CT molecular complexity index is 1180. The van der Waals surface area contributed by atoms with E-state index >= 15 is 0 Å². The predicted octanol–water partition coefficient (Wildman–Crippen LogP) is 4.97. The van der Waals surface area contributed by atoms with E-state index in [9.17, 15) is 14.7 Å². The summed E-state index contributed by atoms with van der Waals surface area (Å²) in [6.07, 6.45) is 1.85. The molecule has 1 heterocycles. The summed E-state index contributed by atoms with van der Waals surface area (Å²) in [5.41, 5.74) is 7.70. The van der Waals surface area contributed by atoms with Crippen molar-refractivity contribution in [2.45, 2.75) is 51.1 Å². The first kappa shape index (κ1) is 21.3. The minimum Gasteiger partial charge on any atom is -0.480 e. The van der Waals surface area contributed by atoms with Crippen molar-refractivity contribution in [2.75, 3.05) is 6.61 Å². The van der Waals surface area contributed by atoms with Crippen molar-refractivity contribution in [1.29, 1.82) is 0 Å². The molecule has 2 aliphatic rings. The third kappa shape index (κ3) is 4.01. The SMILES string of the molecule is Cc1cc(CC(NC(=O)OCC2c3ccccc3-c3ccccc32)C(=O)O)c(C)n1C1CC1. The lowest BCUT2D eigenvalue weighted by Gasteiger charge is -2.18. The second kappa shape index (κ2) is 8.43. The van der Waals surface area contributed by atoms with Crippen molar-refractivity contribution < 1.29 is 19.4 Å². The maximum Gasteiger partial charge on any atom is 0.407 e. The van der Waals surface area contributed by atoms with Gasteiger partial charge in [-0.1, -0.05) is 48.5 Å². The van der Waals surface area contributed by atoms with Crippen LogP contribution in [-0.2, 0) is 16.0 Å². The second-order valence-corrected chi connectivity index (χ2v) is 9.06. The number of nitrogens with one attached hydrogen (secondary N) is 1. The summed E-state index contributed by atoms with van der Waals surface area (Å²) in [7, 11) is 0. The summed E-state index contributed by atoms with van der Waals surface area (Å²) in [6.45, 7) is 4.22. The first-order valence-electron chi connectivity index (χ1n) is 11.5. The summed E-state index contributed by atoms with van der Waals surface area (Å²) in [4.78, 5) is 24.5. The molecule has 33 heavy (non-hydrogen) atoms. The lowest BCUT2D eigenvalue weighted by Crippen LogP contribution is -2.43. The summed E-state index contributed by atoms with van der Waals surface area (Å²) >= 11 is 0. The molecule has 1 atom stereocenters. The second-order valence-electron chi connectivity index (χ2n) is 9.06. The molecule has 1 aromatic heterocycles. The van der Waals surface area contributed by atoms with Gasteiger partial charge >= 0.3 is 12.1 Å². The minimum absolute atomic E-state index is 0.0658. The number of ether oxygens (including phenoxy) is 1. The Morgan fingerprint density at radius 2 is 1.67 bits per heavy atom. The number of hydrogen-bond donors (Lipinski definition) is 2. The molecular formula is C27H28N2O4. The van der Waals surface area contributed by atoms with E-state index in [1.165, 1.54) is 0 Å². The normalized spacial score (nSPS) is 15.6. The molecule has 1 amide bonds. The Balaban J connectivity index is 1.26. The zero-order valence-corrected chi connectivity index (χ0v) is 18.9. The molecule has 2 aromatic carbocycles.